The molecule has 2 saturated carbocycles. The summed E-state index contributed by atoms with van der Waals surface area (Å²) in [6.45, 7) is 21.5. The van der Waals surface area contributed by atoms with Gasteiger partial charge in [-0.25, -0.2) is 24.3 Å². The zero-order chi connectivity index (χ0) is 42.7. The van der Waals surface area contributed by atoms with Crippen LogP contribution in [-0.2, 0) is 43.2 Å². The van der Waals surface area contributed by atoms with Gasteiger partial charge in [-0.05, 0) is 118 Å². The number of hydrogen-bond acceptors (Lipinski definition) is 14. The van der Waals surface area contributed by atoms with Crippen molar-refractivity contribution in [1.82, 2.24) is 0 Å². The van der Waals surface area contributed by atoms with Crippen LogP contribution in [0.15, 0.2) is 42.5 Å². The van der Waals surface area contributed by atoms with E-state index in [0.717, 1.165) is 56.7 Å². The Kier molecular flexibility index (Phi) is 10.4. The van der Waals surface area contributed by atoms with Gasteiger partial charge in [0.2, 0.25) is 11.6 Å². The zero-order valence-electron chi connectivity index (χ0n) is 35.3. The van der Waals surface area contributed by atoms with Crippen LogP contribution in [0.3, 0.4) is 0 Å². The van der Waals surface area contributed by atoms with Crippen LogP contribution in [0.5, 0.6) is 0 Å². The van der Waals surface area contributed by atoms with E-state index in [1.54, 1.807) is 0 Å². The van der Waals surface area contributed by atoms with Crippen molar-refractivity contribution < 1.29 is 57.9 Å². The lowest BCUT2D eigenvalue weighted by atomic mass is 9.57. The summed E-state index contributed by atoms with van der Waals surface area (Å²) in [6, 6.07) is 2.95. The molecule has 60 heavy (non-hydrogen) atoms. The molecule has 0 amide bonds. The van der Waals surface area contributed by atoms with Crippen LogP contribution >= 0.6 is 0 Å². The molecule has 0 N–H and O–H groups in total. The number of hydrogen-bond donors (Lipinski definition) is 0. The van der Waals surface area contributed by atoms with Gasteiger partial charge in [0.25, 0.3) is 0 Å². The SMILES string of the molecule is C=C(C[C@H]1O[C@@H]2O[C@]3(C)CC[C@H]4[C@H](C)CC[C@@H]([C@H]1C)C24OO3)C(OC(=O)c1ccc([N+](=O)[O-])c([N+](=O)[O-])c1)C(=C)C[C@H]1O[C@@H]2O[C@]3(C)CC[C@H]4[C@H](C)CC[C@@H]([C@H]1C)C24OO3. The molecule has 8 aliphatic heterocycles. The van der Waals surface area contributed by atoms with E-state index in [9.17, 15) is 25.0 Å². The molecule has 8 heterocycles. The highest BCUT2D eigenvalue weighted by Gasteiger charge is 2.71. The van der Waals surface area contributed by atoms with Gasteiger partial charge >= 0.3 is 17.3 Å². The molecule has 0 radical (unpaired) electrons. The summed E-state index contributed by atoms with van der Waals surface area (Å²) < 4.78 is 33.2. The average Bonchev–Trinajstić information content (AvgIpc) is 3.58. The topological polar surface area (TPSA) is 186 Å². The van der Waals surface area contributed by atoms with Crippen LogP contribution in [-0.4, -0.2) is 69.5 Å². The van der Waals surface area contributed by atoms with Gasteiger partial charge in [0, 0.05) is 36.8 Å². The molecule has 2 unspecified atom stereocenters. The highest BCUT2D eigenvalue weighted by Crippen LogP contribution is 2.63. The Morgan fingerprint density at radius 3 is 1.63 bits per heavy atom. The van der Waals surface area contributed by atoms with Crippen LogP contribution in [0.2, 0.25) is 0 Å². The third kappa shape index (κ3) is 6.49. The Bertz CT molecular complexity index is 1870. The number of nitro groups is 2. The molecule has 11 rings (SSSR count). The fourth-order valence-corrected chi connectivity index (χ4v) is 12.7. The minimum absolute atomic E-state index is 0.0319. The van der Waals surface area contributed by atoms with Crippen LogP contribution in [0.1, 0.15) is 116 Å². The van der Waals surface area contributed by atoms with Crippen molar-refractivity contribution in [3.63, 3.8) is 0 Å². The van der Waals surface area contributed by atoms with Crippen molar-refractivity contribution in [1.29, 1.82) is 0 Å². The Hall–Kier alpha value is -3.35. The predicted molar refractivity (Wildman–Crippen MR) is 210 cm³/mol. The van der Waals surface area contributed by atoms with Crippen LogP contribution in [0.25, 0.3) is 0 Å². The lowest BCUT2D eigenvalue weighted by Crippen LogP contribution is -2.70. The maximum Gasteiger partial charge on any atom is 0.346 e. The lowest BCUT2D eigenvalue weighted by Gasteiger charge is -2.60. The molecular formula is C44H58N2O14. The molecule has 2 spiro atoms. The average molecular weight is 839 g/mol. The van der Waals surface area contributed by atoms with Gasteiger partial charge in [-0.3, -0.25) is 20.2 Å². The highest BCUT2D eigenvalue weighted by molar-refractivity contribution is 5.91. The second-order valence-corrected chi connectivity index (χ2v) is 19.6. The van der Waals surface area contributed by atoms with Crippen LogP contribution < -0.4 is 0 Å². The van der Waals surface area contributed by atoms with Crippen molar-refractivity contribution in [2.75, 3.05) is 0 Å². The molecule has 2 aliphatic carbocycles. The predicted octanol–water partition coefficient (Wildman–Crippen LogP) is 8.42. The molecule has 1 aromatic rings. The van der Waals surface area contributed by atoms with Gasteiger partial charge in [0.15, 0.2) is 23.8 Å². The minimum atomic E-state index is -1.09. The van der Waals surface area contributed by atoms with E-state index in [1.165, 1.54) is 0 Å². The van der Waals surface area contributed by atoms with Gasteiger partial charge in [0.05, 0.1) is 27.6 Å². The van der Waals surface area contributed by atoms with Crippen molar-refractivity contribution in [2.24, 2.45) is 47.3 Å². The summed E-state index contributed by atoms with van der Waals surface area (Å²) in [7, 11) is 0. The van der Waals surface area contributed by atoms with Gasteiger partial charge in [-0.15, -0.1) is 0 Å². The number of carbonyl (C=O) groups is 1. The molecule has 10 fully saturated rings. The maximum absolute atomic E-state index is 14.0. The van der Waals surface area contributed by atoms with E-state index in [1.807, 2.05) is 13.8 Å². The summed E-state index contributed by atoms with van der Waals surface area (Å²) >= 11 is 0. The number of fused-ring (bicyclic) bond motifs is 4. The van der Waals surface area contributed by atoms with E-state index in [0.29, 0.717) is 35.8 Å². The third-order valence-corrected chi connectivity index (χ3v) is 16.1. The number of nitro benzene ring substituents is 2. The first-order valence-corrected chi connectivity index (χ1v) is 21.8. The number of ether oxygens (including phenoxy) is 5. The van der Waals surface area contributed by atoms with E-state index in [-0.39, 0.29) is 53.9 Å². The second kappa shape index (κ2) is 14.9. The molecule has 328 valence electrons. The zero-order valence-corrected chi connectivity index (χ0v) is 35.3. The molecule has 8 saturated heterocycles. The Morgan fingerprint density at radius 2 is 1.18 bits per heavy atom. The fourth-order valence-electron chi connectivity index (χ4n) is 12.7. The summed E-state index contributed by atoms with van der Waals surface area (Å²) in [5.41, 5.74) is -2.32. The lowest BCUT2D eigenvalue weighted by molar-refractivity contribution is -0.571. The highest BCUT2D eigenvalue weighted by atomic mass is 17.3. The van der Waals surface area contributed by atoms with E-state index >= 15 is 0 Å². The fraction of sp³-hybridized carbons (Fsp3) is 0.750. The number of nitrogens with zero attached hydrogens (tertiary/aromatic N) is 2. The van der Waals surface area contributed by atoms with Crippen molar-refractivity contribution in [2.45, 2.75) is 159 Å². The largest absolute Gasteiger partial charge is 0.450 e. The summed E-state index contributed by atoms with van der Waals surface area (Å²) in [5, 5.41) is 23.4. The second-order valence-electron chi connectivity index (χ2n) is 19.6. The number of rotatable bonds is 10. The molecular weight excluding hydrogens is 780 g/mol. The van der Waals surface area contributed by atoms with Gasteiger partial charge < -0.3 is 23.7 Å². The number of benzene rings is 1. The molecule has 16 atom stereocenters. The normalized spacial score (nSPS) is 45.6. The molecule has 0 aromatic heterocycles. The van der Waals surface area contributed by atoms with E-state index in [4.69, 9.17) is 43.2 Å². The molecule has 10 aliphatic rings. The van der Waals surface area contributed by atoms with Crippen molar-refractivity contribution in [3.8, 4) is 0 Å². The third-order valence-electron chi connectivity index (χ3n) is 16.1. The van der Waals surface area contributed by atoms with Crippen LogP contribution in [0, 0.1) is 67.6 Å². The van der Waals surface area contributed by atoms with Gasteiger partial charge in [-0.1, -0.05) is 40.9 Å². The summed E-state index contributed by atoms with van der Waals surface area (Å²) in [4.78, 5) is 60.4. The van der Waals surface area contributed by atoms with Crippen LogP contribution in [0.4, 0.5) is 11.4 Å². The number of esters is 1. The van der Waals surface area contributed by atoms with E-state index < -0.39 is 80.9 Å². The van der Waals surface area contributed by atoms with Crippen molar-refractivity contribution >= 4 is 17.3 Å². The summed E-state index contributed by atoms with van der Waals surface area (Å²) in [5.74, 6) is -1.65. The smallest absolute Gasteiger partial charge is 0.346 e. The monoisotopic (exact) mass is 838 g/mol. The summed E-state index contributed by atoms with van der Waals surface area (Å²) in [6.07, 6.45) is 4.23. The first-order valence-electron chi connectivity index (χ1n) is 21.8. The van der Waals surface area contributed by atoms with Gasteiger partial charge in [0.1, 0.15) is 6.10 Å². The Balaban J connectivity index is 1.00. The maximum atomic E-state index is 14.0. The molecule has 16 nitrogen and oxygen atoms in total. The minimum Gasteiger partial charge on any atom is -0.450 e. The van der Waals surface area contributed by atoms with Crippen molar-refractivity contribution in [3.05, 3.63) is 68.3 Å². The van der Waals surface area contributed by atoms with Gasteiger partial charge in [-0.2, -0.15) is 0 Å². The Labute approximate surface area is 349 Å². The van der Waals surface area contributed by atoms with E-state index in [2.05, 4.69) is 40.9 Å². The first kappa shape index (κ1) is 42.0. The molecule has 4 bridgehead atoms. The first-order chi connectivity index (χ1) is 28.4. The molecule has 1 aromatic carbocycles. The molecule has 16 heteroatoms. The quantitative estimate of drug-likeness (QED) is 0.0718. The Morgan fingerprint density at radius 1 is 0.717 bits per heavy atom. The number of carbonyl (C=O) groups excluding carboxylic acids is 1. The standard InChI is InChI=1S/C44H58N2O14/c1-22-9-12-31-26(5)35(52-39-43(31)29(22)15-17-41(7,55-39)57-59-43)19-24(3)37(54-38(47)28-11-14-33(45(48)49)34(21-28)46(50)51)25(4)20-36-27(6)32-13-10-23(2)30-16-18-42(8)56-40(53-36)44(30,32)60-58-42/h11,14,21-23,26-27,29-32,35-37,39-40H,3-4,9-10,12-13,15-20H2,1-2,5-8H3/t22-,23-,26-,27-,29+,30+,31+,32+,35-,36-,37?,39-,40-,41+,42+,43?,44?/m1/s1.